The van der Waals surface area contributed by atoms with Crippen LogP contribution in [0.25, 0.3) is 0 Å². The van der Waals surface area contributed by atoms with Crippen molar-refractivity contribution in [1.29, 1.82) is 0 Å². The summed E-state index contributed by atoms with van der Waals surface area (Å²) in [5.41, 5.74) is -0.214. The summed E-state index contributed by atoms with van der Waals surface area (Å²) in [7, 11) is -3.64. The van der Waals surface area contributed by atoms with Gasteiger partial charge in [-0.25, -0.2) is 4.57 Å². The van der Waals surface area contributed by atoms with Gasteiger partial charge in [0.05, 0.1) is 16.0 Å². The van der Waals surface area contributed by atoms with Crippen molar-refractivity contribution in [1.82, 2.24) is 0 Å². The second-order valence-corrected chi connectivity index (χ2v) is 8.82. The van der Waals surface area contributed by atoms with Crippen LogP contribution in [0.2, 0.25) is 0 Å². The first-order chi connectivity index (χ1) is 14.3. The minimum atomic E-state index is -3.64. The third-order valence-corrected chi connectivity index (χ3v) is 6.21. The molecule has 10 heteroatoms. The molecule has 2 rings (SSSR count). The van der Waals surface area contributed by atoms with Crippen molar-refractivity contribution in [2.24, 2.45) is 0 Å². The van der Waals surface area contributed by atoms with Gasteiger partial charge in [0.25, 0.3) is 11.4 Å². The summed E-state index contributed by atoms with van der Waals surface area (Å²) in [5.74, 6) is 0.383. The predicted octanol–water partition coefficient (Wildman–Crippen LogP) is 6.51. The number of hydrogen-bond acceptors (Lipinski definition) is 7. The van der Waals surface area contributed by atoms with E-state index < -0.39 is 17.4 Å². The second-order valence-electron chi connectivity index (χ2n) is 6.79. The van der Waals surface area contributed by atoms with Crippen molar-refractivity contribution < 1.29 is 23.5 Å². The fraction of sp³-hybridized carbons (Fsp3) is 0.400. The van der Waals surface area contributed by atoms with Crippen LogP contribution in [0.4, 0.5) is 11.4 Å². The highest BCUT2D eigenvalue weighted by molar-refractivity contribution is 7.54. The molecule has 0 amide bonds. The van der Waals surface area contributed by atoms with Crippen LogP contribution < -0.4 is 9.05 Å². The maximum absolute atomic E-state index is 13.4. The van der Waals surface area contributed by atoms with E-state index >= 15 is 0 Å². The van der Waals surface area contributed by atoms with Gasteiger partial charge in [-0.2, -0.15) is 0 Å². The summed E-state index contributed by atoms with van der Waals surface area (Å²) < 4.78 is 24.6. The van der Waals surface area contributed by atoms with Gasteiger partial charge in [-0.1, -0.05) is 39.0 Å². The van der Waals surface area contributed by atoms with E-state index in [1.54, 1.807) is 0 Å². The minimum absolute atomic E-state index is 0.107. The van der Waals surface area contributed by atoms with E-state index in [0.29, 0.717) is 6.42 Å². The van der Waals surface area contributed by atoms with E-state index in [9.17, 15) is 24.8 Å². The number of non-ortho nitro benzene ring substituents is 2. The van der Waals surface area contributed by atoms with Crippen molar-refractivity contribution in [3.8, 4) is 11.5 Å². The van der Waals surface area contributed by atoms with Crippen LogP contribution in [0.15, 0.2) is 48.5 Å². The molecule has 0 radical (unpaired) electrons. The van der Waals surface area contributed by atoms with Crippen LogP contribution in [0.5, 0.6) is 11.5 Å². The Hall–Kier alpha value is -2.93. The van der Waals surface area contributed by atoms with E-state index in [1.165, 1.54) is 48.5 Å². The number of unbranched alkanes of at least 4 members (excludes halogenated alkanes) is 5. The lowest BCUT2D eigenvalue weighted by atomic mass is 10.1. The minimum Gasteiger partial charge on any atom is -0.416 e. The van der Waals surface area contributed by atoms with E-state index in [4.69, 9.17) is 9.05 Å². The predicted molar refractivity (Wildman–Crippen MR) is 113 cm³/mol. The van der Waals surface area contributed by atoms with Gasteiger partial charge in [0.15, 0.2) is 0 Å². The van der Waals surface area contributed by atoms with E-state index in [0.717, 1.165) is 32.1 Å². The Morgan fingerprint density at radius 3 is 1.53 bits per heavy atom. The summed E-state index contributed by atoms with van der Waals surface area (Å²) in [6, 6.07) is 10.5. The van der Waals surface area contributed by atoms with Gasteiger partial charge in [0.1, 0.15) is 11.5 Å². The first-order valence-electron chi connectivity index (χ1n) is 9.80. The van der Waals surface area contributed by atoms with Crippen molar-refractivity contribution in [3.63, 3.8) is 0 Å². The first kappa shape index (κ1) is 23.3. The zero-order valence-electron chi connectivity index (χ0n) is 16.8. The van der Waals surface area contributed by atoms with Gasteiger partial charge < -0.3 is 9.05 Å². The van der Waals surface area contributed by atoms with Crippen molar-refractivity contribution in [2.75, 3.05) is 6.16 Å². The highest BCUT2D eigenvalue weighted by Crippen LogP contribution is 2.49. The number of benzene rings is 2. The molecule has 2 aromatic carbocycles. The largest absolute Gasteiger partial charge is 0.430 e. The van der Waals surface area contributed by atoms with Gasteiger partial charge in [0.2, 0.25) is 0 Å². The van der Waals surface area contributed by atoms with Gasteiger partial charge in [-0.05, 0) is 30.7 Å². The quantitative estimate of drug-likeness (QED) is 0.152. The lowest BCUT2D eigenvalue weighted by Gasteiger charge is -2.20. The van der Waals surface area contributed by atoms with Crippen molar-refractivity contribution in [3.05, 3.63) is 68.8 Å². The molecular weight excluding hydrogens is 411 g/mol. The first-order valence-corrected chi connectivity index (χ1v) is 11.5. The fourth-order valence-corrected chi connectivity index (χ4v) is 4.49. The van der Waals surface area contributed by atoms with Gasteiger partial charge >= 0.3 is 7.60 Å². The molecule has 0 atom stereocenters. The van der Waals surface area contributed by atoms with Crippen LogP contribution >= 0.6 is 7.60 Å². The molecule has 0 saturated carbocycles. The average Bonchev–Trinajstić information content (AvgIpc) is 2.71. The Morgan fingerprint density at radius 1 is 0.733 bits per heavy atom. The Balaban J connectivity index is 2.10. The molecule has 0 aliphatic heterocycles. The van der Waals surface area contributed by atoms with Crippen LogP contribution in [-0.2, 0) is 4.57 Å². The lowest BCUT2D eigenvalue weighted by Crippen LogP contribution is -2.06. The third-order valence-electron chi connectivity index (χ3n) is 4.37. The molecule has 2 aromatic rings. The van der Waals surface area contributed by atoms with E-state index in [-0.39, 0.29) is 29.0 Å². The molecule has 0 aliphatic carbocycles. The summed E-state index contributed by atoms with van der Waals surface area (Å²) in [6.45, 7) is 2.13. The van der Waals surface area contributed by atoms with Crippen LogP contribution in [0.3, 0.4) is 0 Å². The summed E-state index contributed by atoms with van der Waals surface area (Å²) >= 11 is 0. The molecule has 0 spiro atoms. The number of nitro groups is 2. The maximum Gasteiger partial charge on any atom is 0.430 e. The van der Waals surface area contributed by atoms with Crippen LogP contribution in [-0.4, -0.2) is 16.0 Å². The highest BCUT2D eigenvalue weighted by atomic mass is 31.2. The molecule has 0 saturated heterocycles. The topological polar surface area (TPSA) is 122 Å². The monoisotopic (exact) mass is 436 g/mol. The van der Waals surface area contributed by atoms with Crippen LogP contribution in [0, 0.1) is 20.2 Å². The van der Waals surface area contributed by atoms with E-state index in [2.05, 4.69) is 6.92 Å². The smallest absolute Gasteiger partial charge is 0.416 e. The van der Waals surface area contributed by atoms with Gasteiger partial charge in [-0.15, -0.1) is 0 Å². The normalized spacial score (nSPS) is 11.1. The molecule has 162 valence electrons. The Labute approximate surface area is 174 Å². The molecule has 0 N–H and O–H groups in total. The number of nitro benzene ring substituents is 2. The zero-order chi connectivity index (χ0) is 22.0. The standard InChI is InChI=1S/C20H25N2O7P/c1-2-3-4-5-6-7-16-30(27,28-19-12-8-17(9-13-19)21(23)24)29-20-14-10-18(11-15-20)22(25)26/h8-15H,2-7,16H2,1H3. The molecule has 0 unspecified atom stereocenters. The average molecular weight is 436 g/mol. The molecule has 0 bridgehead atoms. The Kier molecular flexibility index (Phi) is 8.80. The number of nitrogens with zero attached hydrogens (tertiary/aromatic N) is 2. The molecule has 9 nitrogen and oxygen atoms in total. The third kappa shape index (κ3) is 7.48. The number of hydrogen-bond donors (Lipinski definition) is 0. The molecule has 0 fully saturated rings. The molecular formula is C20H25N2O7P. The maximum atomic E-state index is 13.4. The number of rotatable bonds is 13. The lowest BCUT2D eigenvalue weighted by molar-refractivity contribution is -0.385. The molecule has 0 aliphatic rings. The summed E-state index contributed by atoms with van der Waals surface area (Å²) in [6.07, 6.45) is 6.06. The molecule has 0 aromatic heterocycles. The summed E-state index contributed by atoms with van der Waals surface area (Å²) in [5, 5.41) is 21.6. The Morgan fingerprint density at radius 2 is 1.13 bits per heavy atom. The van der Waals surface area contributed by atoms with Crippen molar-refractivity contribution >= 4 is 19.0 Å². The molecule has 0 heterocycles. The Bertz CT molecular complexity index is 822. The summed E-state index contributed by atoms with van der Waals surface area (Å²) in [4.78, 5) is 20.5. The highest BCUT2D eigenvalue weighted by Gasteiger charge is 2.28. The fourth-order valence-electron chi connectivity index (χ4n) is 2.77. The zero-order valence-corrected chi connectivity index (χ0v) is 17.7. The van der Waals surface area contributed by atoms with E-state index in [1.807, 2.05) is 0 Å². The van der Waals surface area contributed by atoms with Crippen molar-refractivity contribution in [2.45, 2.75) is 45.4 Å². The molecule has 30 heavy (non-hydrogen) atoms. The van der Waals surface area contributed by atoms with Gasteiger partial charge in [0, 0.05) is 24.3 Å². The van der Waals surface area contributed by atoms with Gasteiger partial charge in [-0.3, -0.25) is 20.2 Å². The van der Waals surface area contributed by atoms with Crippen LogP contribution in [0.1, 0.15) is 45.4 Å². The SMILES string of the molecule is CCCCCCCCP(=O)(Oc1ccc([N+](=O)[O-])cc1)Oc1ccc([N+](=O)[O-])cc1. The second kappa shape index (κ2) is 11.3.